The third-order valence-corrected chi connectivity index (χ3v) is 5.90. The number of benzene rings is 2. The Hall–Kier alpha value is -3.72. The summed E-state index contributed by atoms with van der Waals surface area (Å²) in [5.41, 5.74) is 2.64. The second-order valence-electron chi connectivity index (χ2n) is 7.33. The Bertz CT molecular complexity index is 1120. The Labute approximate surface area is 202 Å². The smallest absolute Gasteiger partial charge is 0.293 e. The number of aryl methyl sites for hydroxylation is 1. The highest BCUT2D eigenvalue weighted by Gasteiger charge is 2.34. The molecule has 1 heterocycles. The van der Waals surface area contributed by atoms with Gasteiger partial charge in [-0.3, -0.25) is 19.3 Å². The Kier molecular flexibility index (Phi) is 8.37. The average Bonchev–Trinajstić information content (AvgIpc) is 3.10. The Morgan fingerprint density at radius 2 is 1.65 bits per heavy atom. The maximum atomic E-state index is 12.6. The molecule has 0 aromatic heterocycles. The highest BCUT2D eigenvalue weighted by molar-refractivity contribution is 8.18. The van der Waals surface area contributed by atoms with Crippen LogP contribution in [0.4, 0.5) is 4.79 Å². The van der Waals surface area contributed by atoms with E-state index in [1.165, 1.54) is 27.4 Å². The molecule has 1 aliphatic heterocycles. The van der Waals surface area contributed by atoms with Gasteiger partial charge in [0.15, 0.2) is 11.5 Å². The van der Waals surface area contributed by atoms with Gasteiger partial charge in [0.2, 0.25) is 11.7 Å². The number of nitrogens with one attached hydrogen (secondary N) is 1. The predicted molar refractivity (Wildman–Crippen MR) is 132 cm³/mol. The standard InChI is InChI=1S/C25H26N2O6S/c1-16-5-7-17(8-6-16)15-21-24(29)27(25(30)34-21)12-11-26-22(28)10-9-18-13-19(31-2)23(33-4)20(14-18)32-3/h5-10,13-15H,11-12H2,1-4H3,(H,26,28)/b10-9+,21-15-. The fraction of sp³-hybridized carbons (Fsp3) is 0.240. The largest absolute Gasteiger partial charge is 0.493 e. The lowest BCUT2D eigenvalue weighted by molar-refractivity contribution is -0.123. The van der Waals surface area contributed by atoms with Gasteiger partial charge in [-0.2, -0.15) is 0 Å². The lowest BCUT2D eigenvalue weighted by Crippen LogP contribution is -2.36. The van der Waals surface area contributed by atoms with Crippen LogP contribution in [0.3, 0.4) is 0 Å². The highest BCUT2D eigenvalue weighted by Crippen LogP contribution is 2.38. The quantitative estimate of drug-likeness (QED) is 0.542. The third kappa shape index (κ3) is 5.99. The van der Waals surface area contributed by atoms with Crippen LogP contribution in [0.25, 0.3) is 12.2 Å². The van der Waals surface area contributed by atoms with Gasteiger partial charge in [0.05, 0.1) is 26.2 Å². The molecular formula is C25H26N2O6S. The molecule has 0 unspecified atom stereocenters. The molecule has 0 bridgehead atoms. The van der Waals surface area contributed by atoms with Gasteiger partial charge >= 0.3 is 0 Å². The van der Waals surface area contributed by atoms with Crippen molar-refractivity contribution in [3.63, 3.8) is 0 Å². The first-order chi connectivity index (χ1) is 16.4. The molecule has 1 fully saturated rings. The maximum absolute atomic E-state index is 12.6. The van der Waals surface area contributed by atoms with E-state index in [1.807, 2.05) is 31.2 Å². The normalized spacial score (nSPS) is 14.7. The monoisotopic (exact) mass is 482 g/mol. The Morgan fingerprint density at radius 3 is 2.24 bits per heavy atom. The van der Waals surface area contributed by atoms with Crippen LogP contribution < -0.4 is 19.5 Å². The molecule has 34 heavy (non-hydrogen) atoms. The number of amides is 3. The zero-order chi connectivity index (χ0) is 24.7. The van der Waals surface area contributed by atoms with Gasteiger partial charge < -0.3 is 19.5 Å². The molecule has 0 radical (unpaired) electrons. The van der Waals surface area contributed by atoms with Gasteiger partial charge in [0, 0.05) is 19.2 Å². The minimum Gasteiger partial charge on any atom is -0.493 e. The van der Waals surface area contributed by atoms with E-state index in [0.29, 0.717) is 27.7 Å². The fourth-order valence-corrected chi connectivity index (χ4v) is 4.09. The van der Waals surface area contributed by atoms with E-state index in [9.17, 15) is 14.4 Å². The lowest BCUT2D eigenvalue weighted by Gasteiger charge is -2.13. The number of imide groups is 1. The fourth-order valence-electron chi connectivity index (χ4n) is 3.23. The summed E-state index contributed by atoms with van der Waals surface area (Å²) < 4.78 is 15.9. The summed E-state index contributed by atoms with van der Waals surface area (Å²) in [6, 6.07) is 11.1. The Morgan fingerprint density at radius 1 is 1.00 bits per heavy atom. The van der Waals surface area contributed by atoms with Gasteiger partial charge in [-0.25, -0.2) is 0 Å². The summed E-state index contributed by atoms with van der Waals surface area (Å²) in [6.45, 7) is 2.19. The van der Waals surface area contributed by atoms with Crippen molar-refractivity contribution in [1.29, 1.82) is 0 Å². The van der Waals surface area contributed by atoms with Gasteiger partial charge in [0.1, 0.15) is 0 Å². The van der Waals surface area contributed by atoms with Crippen LogP contribution in [0.2, 0.25) is 0 Å². The van der Waals surface area contributed by atoms with Crippen LogP contribution in [-0.2, 0) is 9.59 Å². The number of carbonyl (C=O) groups excluding carboxylic acids is 3. The molecule has 1 aliphatic rings. The molecular weight excluding hydrogens is 456 g/mol. The third-order valence-electron chi connectivity index (χ3n) is 5.00. The van der Waals surface area contributed by atoms with E-state index in [0.717, 1.165) is 27.8 Å². The van der Waals surface area contributed by atoms with Crippen LogP contribution in [0.15, 0.2) is 47.4 Å². The topological polar surface area (TPSA) is 94.2 Å². The second kappa shape index (κ2) is 11.4. The first kappa shape index (κ1) is 24.9. The van der Waals surface area contributed by atoms with E-state index in [2.05, 4.69) is 5.32 Å². The second-order valence-corrected chi connectivity index (χ2v) is 8.32. The van der Waals surface area contributed by atoms with Crippen LogP contribution in [0.5, 0.6) is 17.2 Å². The number of rotatable bonds is 9. The summed E-state index contributed by atoms with van der Waals surface area (Å²) in [4.78, 5) is 38.6. The van der Waals surface area contributed by atoms with Crippen molar-refractivity contribution in [1.82, 2.24) is 10.2 Å². The summed E-state index contributed by atoms with van der Waals surface area (Å²) in [6.07, 6.45) is 4.65. The van der Waals surface area contributed by atoms with Crippen molar-refractivity contribution in [2.24, 2.45) is 0 Å². The lowest BCUT2D eigenvalue weighted by atomic mass is 10.1. The van der Waals surface area contributed by atoms with Crippen molar-refractivity contribution in [2.45, 2.75) is 6.92 Å². The molecule has 1 N–H and O–H groups in total. The van der Waals surface area contributed by atoms with Crippen LogP contribution >= 0.6 is 11.8 Å². The van der Waals surface area contributed by atoms with E-state index in [-0.39, 0.29) is 30.1 Å². The van der Waals surface area contributed by atoms with E-state index >= 15 is 0 Å². The van der Waals surface area contributed by atoms with Crippen LogP contribution in [0, 0.1) is 6.92 Å². The number of nitrogens with zero attached hydrogens (tertiary/aromatic N) is 1. The molecule has 0 aliphatic carbocycles. The zero-order valence-corrected chi connectivity index (χ0v) is 20.2. The minimum absolute atomic E-state index is 0.0830. The van der Waals surface area contributed by atoms with Crippen molar-refractivity contribution < 1.29 is 28.6 Å². The predicted octanol–water partition coefficient (Wildman–Crippen LogP) is 3.89. The molecule has 2 aromatic rings. The van der Waals surface area contributed by atoms with Crippen molar-refractivity contribution in [3.8, 4) is 17.2 Å². The molecule has 3 amide bonds. The van der Waals surface area contributed by atoms with Crippen LogP contribution in [0.1, 0.15) is 16.7 Å². The molecule has 3 rings (SSSR count). The van der Waals surface area contributed by atoms with Gasteiger partial charge in [-0.1, -0.05) is 29.8 Å². The molecule has 0 spiro atoms. The van der Waals surface area contributed by atoms with Gasteiger partial charge in [-0.15, -0.1) is 0 Å². The number of carbonyl (C=O) groups is 3. The van der Waals surface area contributed by atoms with E-state index in [1.54, 1.807) is 24.3 Å². The molecule has 9 heteroatoms. The summed E-state index contributed by atoms with van der Waals surface area (Å²) >= 11 is 0.895. The number of hydrogen-bond acceptors (Lipinski definition) is 7. The summed E-state index contributed by atoms with van der Waals surface area (Å²) in [5.74, 6) is 0.675. The average molecular weight is 483 g/mol. The first-order valence-corrected chi connectivity index (χ1v) is 11.3. The zero-order valence-electron chi connectivity index (χ0n) is 19.4. The highest BCUT2D eigenvalue weighted by atomic mass is 32.2. The first-order valence-electron chi connectivity index (χ1n) is 10.4. The minimum atomic E-state index is -0.365. The SMILES string of the molecule is COc1cc(/C=C/C(=O)NCCN2C(=O)S/C(=C\c3ccc(C)cc3)C2=O)cc(OC)c1OC. The van der Waals surface area contributed by atoms with Crippen molar-refractivity contribution >= 4 is 41.0 Å². The van der Waals surface area contributed by atoms with Gasteiger partial charge in [0.25, 0.3) is 11.1 Å². The maximum Gasteiger partial charge on any atom is 0.293 e. The Balaban J connectivity index is 1.56. The summed E-state index contributed by atoms with van der Waals surface area (Å²) in [5, 5.41) is 2.33. The van der Waals surface area contributed by atoms with Crippen molar-refractivity contribution in [3.05, 3.63) is 64.1 Å². The number of thioether (sulfide) groups is 1. The van der Waals surface area contributed by atoms with Crippen molar-refractivity contribution in [2.75, 3.05) is 34.4 Å². The molecule has 2 aromatic carbocycles. The van der Waals surface area contributed by atoms with E-state index in [4.69, 9.17) is 14.2 Å². The van der Waals surface area contributed by atoms with E-state index < -0.39 is 0 Å². The van der Waals surface area contributed by atoms with Gasteiger partial charge in [-0.05, 0) is 54.1 Å². The molecule has 1 saturated heterocycles. The summed E-state index contributed by atoms with van der Waals surface area (Å²) in [7, 11) is 4.54. The molecule has 0 atom stereocenters. The number of methoxy groups -OCH3 is 3. The number of ether oxygens (including phenoxy) is 3. The van der Waals surface area contributed by atoms with Crippen LogP contribution in [-0.4, -0.2) is 56.4 Å². The molecule has 8 nitrogen and oxygen atoms in total. The molecule has 178 valence electrons. The number of hydrogen-bond donors (Lipinski definition) is 1. The molecule has 0 saturated carbocycles.